The van der Waals surface area contributed by atoms with Crippen molar-refractivity contribution in [3.05, 3.63) is 0 Å². The second kappa shape index (κ2) is 10.4. The minimum absolute atomic E-state index is 0.107. The summed E-state index contributed by atoms with van der Waals surface area (Å²) in [5.74, 6) is -6.31. The summed E-state index contributed by atoms with van der Waals surface area (Å²) >= 11 is 0. The van der Waals surface area contributed by atoms with E-state index in [0.29, 0.717) is 19.4 Å². The third-order valence-corrected chi connectivity index (χ3v) is 6.49. The van der Waals surface area contributed by atoms with Crippen molar-refractivity contribution < 1.29 is 60.5 Å². The number of aliphatic hydroxyl groups is 10. The SMILES string of the molecule is NCCCCCC(N)(C1(O)O[C@H](CO)[C@@H](O)[C@H](O)[C@H]1O)C1(O)O[C@H](CO)[C@@H](O)[C@H](O)[C@H]1O. The average Bonchev–Trinajstić information content (AvgIpc) is 2.78. The van der Waals surface area contributed by atoms with Gasteiger partial charge in [-0.25, -0.2) is 0 Å². The van der Waals surface area contributed by atoms with Crippen LogP contribution in [0.4, 0.5) is 0 Å². The van der Waals surface area contributed by atoms with Crippen LogP contribution in [0.15, 0.2) is 0 Å². The number of nitrogens with two attached hydrogens (primary N) is 2. The number of rotatable bonds is 9. The Kier molecular flexibility index (Phi) is 8.97. The van der Waals surface area contributed by atoms with Gasteiger partial charge in [-0.15, -0.1) is 0 Å². The summed E-state index contributed by atoms with van der Waals surface area (Å²) in [4.78, 5) is 0. The van der Waals surface area contributed by atoms with E-state index in [1.165, 1.54) is 0 Å². The Morgan fingerprint density at radius 1 is 0.688 bits per heavy atom. The monoisotopic (exact) mass is 472 g/mol. The van der Waals surface area contributed by atoms with E-state index < -0.39 is 85.6 Å². The summed E-state index contributed by atoms with van der Waals surface area (Å²) in [6.45, 7) is -1.56. The van der Waals surface area contributed by atoms with Crippen LogP contribution in [0.1, 0.15) is 25.7 Å². The third kappa shape index (κ3) is 4.30. The van der Waals surface area contributed by atoms with Crippen LogP contribution in [-0.4, -0.2) is 137 Å². The molecule has 0 aromatic rings. The van der Waals surface area contributed by atoms with Crippen molar-refractivity contribution in [2.45, 2.75) is 91.6 Å². The quantitative estimate of drug-likeness (QED) is 0.139. The second-order valence-electron chi connectivity index (χ2n) is 8.49. The third-order valence-electron chi connectivity index (χ3n) is 6.49. The first-order valence-electron chi connectivity index (χ1n) is 10.5. The summed E-state index contributed by atoms with van der Waals surface area (Å²) in [6, 6.07) is 0. The Labute approximate surface area is 184 Å². The highest BCUT2D eigenvalue weighted by atomic mass is 16.7. The maximum Gasteiger partial charge on any atom is 0.219 e. The first-order valence-corrected chi connectivity index (χ1v) is 10.5. The highest BCUT2D eigenvalue weighted by molar-refractivity contribution is 5.19. The summed E-state index contributed by atoms with van der Waals surface area (Å²) < 4.78 is 10.6. The Morgan fingerprint density at radius 3 is 1.44 bits per heavy atom. The molecule has 2 aliphatic rings. The largest absolute Gasteiger partial charge is 0.394 e. The average molecular weight is 472 g/mol. The molecule has 2 heterocycles. The van der Waals surface area contributed by atoms with E-state index in [9.17, 15) is 51.1 Å². The van der Waals surface area contributed by atoms with Crippen molar-refractivity contribution in [1.29, 1.82) is 0 Å². The van der Waals surface area contributed by atoms with Crippen molar-refractivity contribution >= 4 is 0 Å². The van der Waals surface area contributed by atoms with Gasteiger partial charge in [-0.2, -0.15) is 0 Å². The minimum atomic E-state index is -3.15. The standard InChI is InChI=1S/C18H36N2O12/c19-5-3-1-2-4-16(20,17(29)14(27)12(25)10(23)8(6-21)31-17)18(30)15(28)13(26)11(24)9(7-22)32-18/h8-15,21-30H,1-7,19-20H2/t8-,9-,10-,11-,12+,13+,14-,15-,16?,17?,18?/m1/s1. The molecule has 190 valence electrons. The Bertz CT molecular complexity index is 571. The van der Waals surface area contributed by atoms with E-state index in [-0.39, 0.29) is 6.42 Å². The fourth-order valence-electron chi connectivity index (χ4n) is 4.39. The molecule has 0 aromatic carbocycles. The van der Waals surface area contributed by atoms with Gasteiger partial charge in [0, 0.05) is 0 Å². The fraction of sp³-hybridized carbons (Fsp3) is 1.00. The lowest BCUT2D eigenvalue weighted by Gasteiger charge is -2.60. The molecule has 0 aliphatic carbocycles. The lowest BCUT2D eigenvalue weighted by atomic mass is 9.68. The van der Waals surface area contributed by atoms with Gasteiger partial charge in [-0.3, -0.25) is 0 Å². The number of hydrogen-bond acceptors (Lipinski definition) is 14. The van der Waals surface area contributed by atoms with Crippen molar-refractivity contribution in [3.63, 3.8) is 0 Å². The van der Waals surface area contributed by atoms with Gasteiger partial charge in [0.05, 0.1) is 13.2 Å². The fourth-order valence-corrected chi connectivity index (χ4v) is 4.39. The molecule has 0 aromatic heterocycles. The Balaban J connectivity index is 2.59. The molecule has 2 aliphatic heterocycles. The molecule has 32 heavy (non-hydrogen) atoms. The molecule has 2 unspecified atom stereocenters. The van der Waals surface area contributed by atoms with E-state index in [4.69, 9.17) is 20.9 Å². The first kappa shape index (κ1) is 27.7. The number of ether oxygens (including phenoxy) is 2. The predicted molar refractivity (Wildman–Crippen MR) is 104 cm³/mol. The van der Waals surface area contributed by atoms with Crippen LogP contribution >= 0.6 is 0 Å². The Hall–Kier alpha value is -0.560. The number of aliphatic hydroxyl groups excluding tert-OH is 8. The molecule has 2 saturated heterocycles. The lowest BCUT2D eigenvalue weighted by Crippen LogP contribution is -2.87. The molecule has 10 atom stereocenters. The summed E-state index contributed by atoms with van der Waals surface area (Å²) in [5.41, 5.74) is 9.10. The van der Waals surface area contributed by atoms with Crippen molar-refractivity contribution in [3.8, 4) is 0 Å². The van der Waals surface area contributed by atoms with Gasteiger partial charge in [0.25, 0.3) is 0 Å². The van der Waals surface area contributed by atoms with Gasteiger partial charge < -0.3 is 72.0 Å². The summed E-state index contributed by atoms with van der Waals surface area (Å²) in [6.07, 6.45) is -15.5. The van der Waals surface area contributed by atoms with E-state index in [2.05, 4.69) is 0 Å². The molecular weight excluding hydrogens is 436 g/mol. The van der Waals surface area contributed by atoms with Crippen LogP contribution in [0, 0.1) is 0 Å². The molecule has 0 saturated carbocycles. The van der Waals surface area contributed by atoms with Crippen LogP contribution in [0.3, 0.4) is 0 Å². The zero-order valence-electron chi connectivity index (χ0n) is 17.5. The van der Waals surface area contributed by atoms with Crippen molar-refractivity contribution in [2.24, 2.45) is 11.5 Å². The number of unbranched alkanes of at least 4 members (excludes halogenated alkanes) is 2. The van der Waals surface area contributed by atoms with E-state index in [1.54, 1.807) is 0 Å². The molecule has 0 radical (unpaired) electrons. The van der Waals surface area contributed by atoms with Gasteiger partial charge in [0.1, 0.15) is 54.4 Å². The van der Waals surface area contributed by atoms with Crippen molar-refractivity contribution in [1.82, 2.24) is 0 Å². The van der Waals surface area contributed by atoms with Crippen molar-refractivity contribution in [2.75, 3.05) is 19.8 Å². The minimum Gasteiger partial charge on any atom is -0.394 e. The topological polar surface area (TPSA) is 273 Å². The molecule has 0 bridgehead atoms. The van der Waals surface area contributed by atoms with Gasteiger partial charge in [-0.1, -0.05) is 12.8 Å². The molecule has 0 amide bonds. The Morgan fingerprint density at radius 2 is 1.09 bits per heavy atom. The van der Waals surface area contributed by atoms with Gasteiger partial charge in [0.2, 0.25) is 11.6 Å². The highest BCUT2D eigenvalue weighted by Gasteiger charge is 2.73. The molecule has 14 nitrogen and oxygen atoms in total. The lowest BCUT2D eigenvalue weighted by molar-refractivity contribution is -0.443. The summed E-state index contributed by atoms with van der Waals surface area (Å²) in [5, 5.41) is 104. The van der Waals surface area contributed by atoms with Crippen LogP contribution in [-0.2, 0) is 9.47 Å². The van der Waals surface area contributed by atoms with Gasteiger partial charge >= 0.3 is 0 Å². The normalized spacial score (nSPS) is 47.2. The molecule has 14 N–H and O–H groups in total. The maximum atomic E-state index is 11.4. The van der Waals surface area contributed by atoms with E-state index in [1.807, 2.05) is 0 Å². The van der Waals surface area contributed by atoms with Crippen LogP contribution in [0.25, 0.3) is 0 Å². The molecule has 2 fully saturated rings. The van der Waals surface area contributed by atoms with Crippen LogP contribution in [0.2, 0.25) is 0 Å². The molecular formula is C18H36N2O12. The summed E-state index contributed by atoms with van der Waals surface area (Å²) in [7, 11) is 0. The second-order valence-corrected chi connectivity index (χ2v) is 8.49. The first-order chi connectivity index (χ1) is 14.9. The predicted octanol–water partition coefficient (Wildman–Crippen LogP) is -6.47. The number of hydrogen-bond donors (Lipinski definition) is 12. The maximum absolute atomic E-state index is 11.4. The van der Waals surface area contributed by atoms with Gasteiger partial charge in [0.15, 0.2) is 0 Å². The molecule has 2 rings (SSSR count). The van der Waals surface area contributed by atoms with Gasteiger partial charge in [-0.05, 0) is 19.4 Å². The smallest absolute Gasteiger partial charge is 0.219 e. The van der Waals surface area contributed by atoms with Crippen LogP contribution in [0.5, 0.6) is 0 Å². The molecule has 0 spiro atoms. The zero-order valence-corrected chi connectivity index (χ0v) is 17.5. The van der Waals surface area contributed by atoms with E-state index >= 15 is 0 Å². The molecule has 14 heteroatoms. The van der Waals surface area contributed by atoms with E-state index in [0.717, 1.165) is 0 Å². The van der Waals surface area contributed by atoms with Crippen LogP contribution < -0.4 is 11.5 Å². The highest BCUT2D eigenvalue weighted by Crippen LogP contribution is 2.47. The zero-order chi connectivity index (χ0) is 24.5.